The van der Waals surface area contributed by atoms with Gasteiger partial charge in [0.25, 0.3) is 5.56 Å². The molecule has 2 heterocycles. The van der Waals surface area contributed by atoms with Gasteiger partial charge in [-0.05, 0) is 38.1 Å². The Morgan fingerprint density at radius 2 is 1.96 bits per heavy atom. The smallest absolute Gasteiger partial charge is 0.259 e. The number of nitrogens with one attached hydrogen (secondary N) is 1. The molecule has 124 valence electrons. The Bertz CT molecular complexity index is 855. The number of nitriles is 1. The lowest BCUT2D eigenvalue weighted by atomic mass is 10.2. The second-order valence-electron chi connectivity index (χ2n) is 6.06. The van der Waals surface area contributed by atoms with Crippen LogP contribution in [0.25, 0.3) is 16.5 Å². The van der Waals surface area contributed by atoms with Crippen molar-refractivity contribution in [2.45, 2.75) is 25.7 Å². The van der Waals surface area contributed by atoms with Gasteiger partial charge in [0.15, 0.2) is 5.82 Å². The van der Waals surface area contributed by atoms with Gasteiger partial charge < -0.3 is 10.1 Å². The van der Waals surface area contributed by atoms with Crippen LogP contribution < -0.4 is 5.56 Å². The third-order valence-electron chi connectivity index (χ3n) is 4.32. The first-order valence-corrected chi connectivity index (χ1v) is 8.23. The van der Waals surface area contributed by atoms with Crippen LogP contribution in [-0.2, 0) is 0 Å². The number of benzene rings is 1. The van der Waals surface area contributed by atoms with Crippen molar-refractivity contribution in [2.75, 3.05) is 19.6 Å². The van der Waals surface area contributed by atoms with Crippen molar-refractivity contribution in [3.8, 4) is 6.07 Å². The molecule has 0 saturated carbocycles. The maximum atomic E-state index is 12.2. The van der Waals surface area contributed by atoms with Crippen LogP contribution in [0.3, 0.4) is 0 Å². The normalized spacial score (nSPS) is 17.1. The average molecular weight is 324 g/mol. The number of hydrogen-bond donors (Lipinski definition) is 2. The fraction of sp³-hybridized carbons (Fsp3) is 0.389. The Kier molecular flexibility index (Phi) is 4.92. The highest BCUT2D eigenvalue weighted by atomic mass is 16.3. The topological polar surface area (TPSA) is 93.0 Å². The summed E-state index contributed by atoms with van der Waals surface area (Å²) >= 11 is 0. The molecule has 1 fully saturated rings. The molecule has 2 N–H and O–H groups in total. The summed E-state index contributed by atoms with van der Waals surface area (Å²) in [6.07, 6.45) is 4.59. The van der Waals surface area contributed by atoms with E-state index in [4.69, 9.17) is 0 Å². The zero-order chi connectivity index (χ0) is 16.9. The van der Waals surface area contributed by atoms with Gasteiger partial charge in [0.2, 0.25) is 0 Å². The lowest BCUT2D eigenvalue weighted by molar-refractivity contribution is 0.258. The van der Waals surface area contributed by atoms with Gasteiger partial charge in [0.05, 0.1) is 17.4 Å². The molecule has 0 atom stereocenters. The second-order valence-corrected chi connectivity index (χ2v) is 6.06. The summed E-state index contributed by atoms with van der Waals surface area (Å²) in [5, 5.41) is 20.3. The number of H-pyrrole nitrogens is 1. The number of rotatable bonds is 3. The SMILES string of the molecule is N#CC(=C(O)CN1CCCCCC1)c1nc2ccccc2c(=O)[nH]1. The number of aliphatic hydroxyl groups excluding tert-OH is 1. The van der Waals surface area contributed by atoms with E-state index < -0.39 is 0 Å². The minimum Gasteiger partial charge on any atom is -0.509 e. The molecule has 1 aromatic heterocycles. The minimum atomic E-state index is -0.314. The molecule has 0 bridgehead atoms. The van der Waals surface area contributed by atoms with Crippen LogP contribution in [0.5, 0.6) is 0 Å². The lowest BCUT2D eigenvalue weighted by Crippen LogP contribution is -2.27. The third-order valence-corrected chi connectivity index (χ3v) is 4.32. The summed E-state index contributed by atoms with van der Waals surface area (Å²) in [6.45, 7) is 2.12. The van der Waals surface area contributed by atoms with Gasteiger partial charge in [-0.2, -0.15) is 5.26 Å². The van der Waals surface area contributed by atoms with E-state index in [1.807, 2.05) is 6.07 Å². The molecule has 6 heteroatoms. The summed E-state index contributed by atoms with van der Waals surface area (Å²) in [5.74, 6) is 0.0753. The van der Waals surface area contributed by atoms with Crippen LogP contribution in [0.4, 0.5) is 0 Å². The van der Waals surface area contributed by atoms with Crippen molar-refractivity contribution in [1.29, 1.82) is 5.26 Å². The summed E-state index contributed by atoms with van der Waals surface area (Å²) in [7, 11) is 0. The molecule has 0 amide bonds. The van der Waals surface area contributed by atoms with Crippen LogP contribution in [0.15, 0.2) is 34.8 Å². The van der Waals surface area contributed by atoms with Gasteiger partial charge in [-0.1, -0.05) is 25.0 Å². The number of fused-ring (bicyclic) bond motifs is 1. The number of aromatic nitrogens is 2. The van der Waals surface area contributed by atoms with Gasteiger partial charge in [-0.25, -0.2) is 4.98 Å². The number of aromatic amines is 1. The summed E-state index contributed by atoms with van der Waals surface area (Å²) in [6, 6.07) is 8.92. The molecule has 0 spiro atoms. The predicted octanol–water partition coefficient (Wildman–Crippen LogP) is 2.59. The van der Waals surface area contributed by atoms with Crippen molar-refractivity contribution in [3.63, 3.8) is 0 Å². The van der Waals surface area contributed by atoms with E-state index in [0.717, 1.165) is 25.9 Å². The van der Waals surface area contributed by atoms with Gasteiger partial charge in [-0.15, -0.1) is 0 Å². The van der Waals surface area contributed by atoms with Crippen molar-refractivity contribution >= 4 is 16.5 Å². The number of likely N-dealkylation sites (tertiary alicyclic amines) is 1. The van der Waals surface area contributed by atoms with Gasteiger partial charge >= 0.3 is 0 Å². The van der Waals surface area contributed by atoms with E-state index >= 15 is 0 Å². The maximum absolute atomic E-state index is 12.2. The first-order valence-electron chi connectivity index (χ1n) is 8.23. The van der Waals surface area contributed by atoms with Crippen LogP contribution in [0.2, 0.25) is 0 Å². The molecule has 0 radical (unpaired) electrons. The Labute approximate surface area is 140 Å². The highest BCUT2D eigenvalue weighted by molar-refractivity contribution is 5.81. The summed E-state index contributed by atoms with van der Waals surface area (Å²) in [4.78, 5) is 21.2. The Balaban J connectivity index is 1.95. The Morgan fingerprint density at radius 1 is 1.25 bits per heavy atom. The van der Waals surface area contributed by atoms with Crippen LogP contribution in [0, 0.1) is 11.3 Å². The lowest BCUT2D eigenvalue weighted by Gasteiger charge is -2.19. The van der Waals surface area contributed by atoms with Gasteiger partial charge in [-0.3, -0.25) is 9.69 Å². The van der Waals surface area contributed by atoms with Gasteiger partial charge in [0, 0.05) is 0 Å². The van der Waals surface area contributed by atoms with Crippen LogP contribution in [-0.4, -0.2) is 39.6 Å². The highest BCUT2D eigenvalue weighted by Crippen LogP contribution is 2.17. The second kappa shape index (κ2) is 7.28. The van der Waals surface area contributed by atoms with E-state index in [2.05, 4.69) is 14.9 Å². The minimum absolute atomic E-state index is 0.0297. The monoisotopic (exact) mass is 324 g/mol. The molecule has 6 nitrogen and oxygen atoms in total. The number of hydrogen-bond acceptors (Lipinski definition) is 5. The molecule has 0 aliphatic carbocycles. The van der Waals surface area contributed by atoms with Crippen molar-refractivity contribution in [3.05, 3.63) is 46.2 Å². The van der Waals surface area contributed by atoms with E-state index in [9.17, 15) is 15.2 Å². The summed E-state index contributed by atoms with van der Waals surface area (Å²) < 4.78 is 0. The van der Waals surface area contributed by atoms with Crippen molar-refractivity contribution < 1.29 is 5.11 Å². The fourth-order valence-electron chi connectivity index (χ4n) is 3.04. The molecule has 1 aliphatic heterocycles. The number of para-hydroxylation sites is 1. The zero-order valence-electron chi connectivity index (χ0n) is 13.5. The molecular formula is C18H20N4O2. The fourth-order valence-corrected chi connectivity index (χ4v) is 3.04. The van der Waals surface area contributed by atoms with Crippen molar-refractivity contribution in [2.24, 2.45) is 0 Å². The zero-order valence-corrected chi connectivity index (χ0v) is 13.5. The van der Waals surface area contributed by atoms with E-state index in [-0.39, 0.29) is 22.7 Å². The Morgan fingerprint density at radius 3 is 2.67 bits per heavy atom. The largest absolute Gasteiger partial charge is 0.509 e. The number of aliphatic hydroxyl groups is 1. The number of allylic oxidation sites excluding steroid dienone is 1. The van der Waals surface area contributed by atoms with Gasteiger partial charge in [0.1, 0.15) is 17.4 Å². The average Bonchev–Trinajstić information content (AvgIpc) is 2.84. The van der Waals surface area contributed by atoms with E-state index in [1.165, 1.54) is 12.8 Å². The van der Waals surface area contributed by atoms with Crippen LogP contribution in [0.1, 0.15) is 31.5 Å². The molecule has 1 saturated heterocycles. The molecule has 1 aliphatic rings. The highest BCUT2D eigenvalue weighted by Gasteiger charge is 2.17. The molecule has 2 aromatic rings. The third kappa shape index (κ3) is 3.47. The molecule has 24 heavy (non-hydrogen) atoms. The first kappa shape index (κ1) is 16.2. The van der Waals surface area contributed by atoms with Crippen LogP contribution >= 0.6 is 0 Å². The standard InChI is InChI=1S/C18H20N4O2/c19-11-14(16(23)12-22-9-5-1-2-6-10-22)17-20-15-8-4-3-7-13(15)18(24)21-17/h3-4,7-8,23H,1-2,5-6,9-10,12H2,(H,20,21,24). The quantitative estimate of drug-likeness (QED) is 0.668. The predicted molar refractivity (Wildman–Crippen MR) is 92.4 cm³/mol. The summed E-state index contributed by atoms with van der Waals surface area (Å²) in [5.41, 5.74) is 0.222. The molecule has 0 unspecified atom stereocenters. The first-order chi connectivity index (χ1) is 11.7. The number of nitrogens with zero attached hydrogens (tertiary/aromatic N) is 3. The molecule has 1 aromatic carbocycles. The Hall–Kier alpha value is -2.65. The van der Waals surface area contributed by atoms with E-state index in [0.29, 0.717) is 17.4 Å². The van der Waals surface area contributed by atoms with Crippen molar-refractivity contribution in [1.82, 2.24) is 14.9 Å². The maximum Gasteiger partial charge on any atom is 0.259 e. The van der Waals surface area contributed by atoms with E-state index in [1.54, 1.807) is 24.3 Å². The molecular weight excluding hydrogens is 304 g/mol. The molecule has 3 rings (SSSR count).